The molecule has 5 aromatic rings. The number of carbonyl (C=O) groups excluding carboxylic acids is 1. The molecule has 9 heteroatoms. The number of carbonyl (C=O) groups is 1. The highest BCUT2D eigenvalue weighted by atomic mass is 19.1. The fourth-order valence-electron chi connectivity index (χ4n) is 6.46. The van der Waals surface area contributed by atoms with Crippen LogP contribution in [-0.2, 0) is 22.5 Å². The number of hydrogen-bond donors (Lipinski definition) is 1. The number of piperidine rings is 1. The lowest BCUT2D eigenvalue weighted by molar-refractivity contribution is -0.133. The number of benzene rings is 3. The van der Waals surface area contributed by atoms with Crippen molar-refractivity contribution in [2.24, 2.45) is 5.92 Å². The maximum Gasteiger partial charge on any atom is 0.331 e. The maximum atomic E-state index is 14.1. The topological polar surface area (TPSA) is 85.1 Å². The van der Waals surface area contributed by atoms with E-state index in [2.05, 4.69) is 34.7 Å². The molecule has 0 aliphatic carbocycles. The van der Waals surface area contributed by atoms with Crippen LogP contribution in [0, 0.1) is 11.7 Å². The number of nitrogens with zero attached hydrogens (tertiary/aromatic N) is 4. The van der Waals surface area contributed by atoms with Crippen molar-refractivity contribution in [1.29, 1.82) is 0 Å². The molecule has 6 rings (SSSR count). The molecule has 224 valence electrons. The number of nitrogens with one attached hydrogen (secondary N) is 1. The van der Waals surface area contributed by atoms with E-state index in [9.17, 15) is 14.0 Å². The number of H-pyrrole nitrogens is 1. The molecule has 1 saturated heterocycles. The molecule has 3 heterocycles. The van der Waals surface area contributed by atoms with Crippen LogP contribution in [-0.4, -0.2) is 56.7 Å². The number of aromatic amines is 1. The number of aryl methyl sites for hydroxylation is 1. The minimum Gasteiger partial charge on any atom is -0.385 e. The zero-order valence-corrected chi connectivity index (χ0v) is 24.8. The second kappa shape index (κ2) is 12.6. The van der Waals surface area contributed by atoms with E-state index >= 15 is 0 Å². The number of halogens is 1. The lowest BCUT2D eigenvalue weighted by atomic mass is 9.94. The Labute approximate surface area is 250 Å². The fraction of sp³-hybridized carbons (Fsp3) is 0.382. The highest BCUT2D eigenvalue weighted by molar-refractivity contribution is 5.78. The molecule has 1 aliphatic heterocycles. The van der Waals surface area contributed by atoms with E-state index < -0.39 is 5.82 Å². The summed E-state index contributed by atoms with van der Waals surface area (Å²) < 4.78 is 23.2. The zero-order chi connectivity index (χ0) is 29.9. The van der Waals surface area contributed by atoms with Gasteiger partial charge in [-0.1, -0.05) is 37.3 Å². The van der Waals surface area contributed by atoms with Crippen molar-refractivity contribution in [1.82, 2.24) is 24.0 Å². The van der Waals surface area contributed by atoms with Gasteiger partial charge in [0.25, 0.3) is 0 Å². The largest absolute Gasteiger partial charge is 0.385 e. The van der Waals surface area contributed by atoms with Crippen LogP contribution in [0.25, 0.3) is 27.8 Å². The normalized spacial score (nSPS) is 16.3. The van der Waals surface area contributed by atoms with Gasteiger partial charge in [-0.15, -0.1) is 0 Å². The van der Waals surface area contributed by atoms with Gasteiger partial charge >= 0.3 is 5.69 Å². The molecule has 0 bridgehead atoms. The summed E-state index contributed by atoms with van der Waals surface area (Å²) in [5.74, 6) is 1.16. The zero-order valence-electron chi connectivity index (χ0n) is 24.8. The Bertz CT molecular complexity index is 1790. The number of imidazole rings is 2. The van der Waals surface area contributed by atoms with Gasteiger partial charge in [-0.25, -0.2) is 14.2 Å². The first kappa shape index (κ1) is 28.9. The second-order valence-corrected chi connectivity index (χ2v) is 11.7. The van der Waals surface area contributed by atoms with Crippen molar-refractivity contribution in [2.75, 3.05) is 26.8 Å². The molecule has 0 spiro atoms. The Morgan fingerprint density at radius 2 is 1.88 bits per heavy atom. The van der Waals surface area contributed by atoms with Gasteiger partial charge in [0, 0.05) is 45.7 Å². The van der Waals surface area contributed by atoms with E-state index in [1.54, 1.807) is 19.2 Å². The number of aromatic nitrogens is 4. The highest BCUT2D eigenvalue weighted by Gasteiger charge is 2.29. The predicted molar refractivity (Wildman–Crippen MR) is 166 cm³/mol. The molecule has 1 aliphatic rings. The Kier molecular flexibility index (Phi) is 8.42. The summed E-state index contributed by atoms with van der Waals surface area (Å²) in [7, 11) is 1.73. The number of ether oxygens (including phenoxy) is 1. The molecule has 0 radical (unpaired) electrons. The van der Waals surface area contributed by atoms with Crippen molar-refractivity contribution >= 4 is 28.0 Å². The SMILES string of the molecule is COCCCn1c([C@@H]2CCCN(C(=O)C[C@H](C)Cc3ccc(-n4c(=O)[nH]c5c(F)cccc54)cc3)C2)nc2ccccc21. The minimum atomic E-state index is -0.454. The van der Waals surface area contributed by atoms with Gasteiger partial charge in [-0.2, -0.15) is 0 Å². The monoisotopic (exact) mass is 583 g/mol. The van der Waals surface area contributed by atoms with Crippen molar-refractivity contribution in [3.05, 3.63) is 94.4 Å². The summed E-state index contributed by atoms with van der Waals surface area (Å²) in [6, 6.07) is 20.6. The molecular formula is C34H38FN5O3. The van der Waals surface area contributed by atoms with E-state index in [-0.39, 0.29) is 28.9 Å². The van der Waals surface area contributed by atoms with E-state index in [1.807, 2.05) is 35.2 Å². The van der Waals surface area contributed by atoms with Crippen molar-refractivity contribution in [2.45, 2.75) is 51.5 Å². The number of amides is 1. The Morgan fingerprint density at radius 1 is 1.09 bits per heavy atom. The van der Waals surface area contributed by atoms with Gasteiger partial charge < -0.3 is 19.2 Å². The third-order valence-corrected chi connectivity index (χ3v) is 8.52. The number of rotatable bonds is 10. The van der Waals surface area contributed by atoms with Gasteiger partial charge in [0.15, 0.2) is 0 Å². The van der Waals surface area contributed by atoms with E-state index in [0.717, 1.165) is 61.2 Å². The third kappa shape index (κ3) is 5.99. The Morgan fingerprint density at radius 3 is 2.70 bits per heavy atom. The van der Waals surface area contributed by atoms with Crippen molar-refractivity contribution in [3.63, 3.8) is 0 Å². The van der Waals surface area contributed by atoms with Gasteiger partial charge in [-0.3, -0.25) is 9.36 Å². The van der Waals surface area contributed by atoms with E-state index in [0.29, 0.717) is 30.8 Å². The van der Waals surface area contributed by atoms with Crippen molar-refractivity contribution in [3.8, 4) is 5.69 Å². The van der Waals surface area contributed by atoms with E-state index in [1.165, 1.54) is 10.6 Å². The molecule has 2 aromatic heterocycles. The molecule has 8 nitrogen and oxygen atoms in total. The van der Waals surface area contributed by atoms with E-state index in [4.69, 9.17) is 9.72 Å². The summed E-state index contributed by atoms with van der Waals surface area (Å²) in [6.45, 7) is 5.11. The molecule has 43 heavy (non-hydrogen) atoms. The number of methoxy groups -OCH3 is 1. The second-order valence-electron chi connectivity index (χ2n) is 11.7. The lowest BCUT2D eigenvalue weighted by Gasteiger charge is -2.33. The molecule has 3 aromatic carbocycles. The lowest BCUT2D eigenvalue weighted by Crippen LogP contribution is -2.40. The summed E-state index contributed by atoms with van der Waals surface area (Å²) >= 11 is 0. The Balaban J connectivity index is 1.10. The Hall–Kier alpha value is -4.24. The number of fused-ring (bicyclic) bond motifs is 2. The predicted octanol–water partition coefficient (Wildman–Crippen LogP) is 5.82. The van der Waals surface area contributed by atoms with Gasteiger partial charge in [0.1, 0.15) is 17.2 Å². The first-order valence-electron chi connectivity index (χ1n) is 15.1. The first-order chi connectivity index (χ1) is 20.9. The maximum absolute atomic E-state index is 14.1. The molecule has 1 fully saturated rings. The van der Waals surface area contributed by atoms with Crippen LogP contribution >= 0.6 is 0 Å². The highest BCUT2D eigenvalue weighted by Crippen LogP contribution is 2.30. The minimum absolute atomic E-state index is 0.155. The molecule has 1 N–H and O–H groups in total. The molecule has 0 unspecified atom stereocenters. The van der Waals surface area contributed by atoms with Crippen LogP contribution in [0.5, 0.6) is 0 Å². The van der Waals surface area contributed by atoms with Crippen LogP contribution in [0.4, 0.5) is 4.39 Å². The standard InChI is InChI=1S/C34H38FN5O3/c1-23(20-24-13-15-26(16-14-24)40-30-12-5-9-27(35)32(30)37-34(40)42)21-31(41)38-17-6-8-25(22-38)33-36-28-10-3-4-11-29(28)39(33)18-7-19-43-2/h3-5,9-16,23,25H,6-8,17-22H2,1-2H3,(H,37,42)/t23-,25-/m1/s1. The van der Waals surface area contributed by atoms with Crippen LogP contribution in [0.3, 0.4) is 0 Å². The molecule has 0 saturated carbocycles. The van der Waals surface area contributed by atoms with Gasteiger partial charge in [0.05, 0.1) is 22.2 Å². The quantitative estimate of drug-likeness (QED) is 0.210. The van der Waals surface area contributed by atoms with Crippen LogP contribution in [0.1, 0.15) is 49.9 Å². The summed E-state index contributed by atoms with van der Waals surface area (Å²) in [6.07, 6.45) is 4.11. The van der Waals surface area contributed by atoms with Crippen molar-refractivity contribution < 1.29 is 13.9 Å². The summed E-state index contributed by atoms with van der Waals surface area (Å²) in [4.78, 5) is 35.7. The molecule has 2 atom stereocenters. The summed E-state index contributed by atoms with van der Waals surface area (Å²) in [5, 5.41) is 0. The number of likely N-dealkylation sites (tertiary alicyclic amines) is 1. The van der Waals surface area contributed by atoms with Crippen LogP contribution < -0.4 is 5.69 Å². The molecular weight excluding hydrogens is 545 g/mol. The van der Waals surface area contributed by atoms with Crippen LogP contribution in [0.15, 0.2) is 71.5 Å². The van der Waals surface area contributed by atoms with Gasteiger partial charge in [0.2, 0.25) is 5.91 Å². The number of hydrogen-bond acceptors (Lipinski definition) is 4. The average Bonchev–Trinajstić information content (AvgIpc) is 3.56. The number of para-hydroxylation sites is 3. The molecule has 1 amide bonds. The average molecular weight is 584 g/mol. The third-order valence-electron chi connectivity index (χ3n) is 8.52. The summed E-state index contributed by atoms with van der Waals surface area (Å²) in [5.41, 5.74) is 4.22. The van der Waals surface area contributed by atoms with Crippen LogP contribution in [0.2, 0.25) is 0 Å². The van der Waals surface area contributed by atoms with Gasteiger partial charge in [-0.05, 0) is 73.6 Å². The fourth-order valence-corrected chi connectivity index (χ4v) is 6.46. The smallest absolute Gasteiger partial charge is 0.331 e. The first-order valence-corrected chi connectivity index (χ1v) is 15.1.